The second-order valence-corrected chi connectivity index (χ2v) is 5.46. The Labute approximate surface area is 132 Å². The van der Waals surface area contributed by atoms with Crippen LogP contribution in [0.4, 0.5) is 5.82 Å². The van der Waals surface area contributed by atoms with Gasteiger partial charge in [-0.25, -0.2) is 15.0 Å². The van der Waals surface area contributed by atoms with Crippen LogP contribution in [0, 0.1) is 6.92 Å². The number of H-pyrrole nitrogens is 1. The van der Waals surface area contributed by atoms with Gasteiger partial charge in [0.2, 0.25) is 5.91 Å². The smallest absolute Gasteiger partial charge is 0.225 e. The van der Waals surface area contributed by atoms with Crippen molar-refractivity contribution in [3.8, 4) is 22.6 Å². The number of aromatic amines is 1. The quantitative estimate of drug-likeness (QED) is 0.756. The zero-order chi connectivity index (χ0) is 15.8. The average molecular weight is 306 g/mol. The van der Waals surface area contributed by atoms with Crippen molar-refractivity contribution in [3.63, 3.8) is 0 Å². The number of aromatic nitrogens is 5. The third kappa shape index (κ3) is 2.46. The third-order valence-corrected chi connectivity index (χ3v) is 3.88. The van der Waals surface area contributed by atoms with Gasteiger partial charge in [-0.05, 0) is 18.6 Å². The molecule has 0 fully saturated rings. The summed E-state index contributed by atoms with van der Waals surface area (Å²) in [5.41, 5.74) is 4.71. The minimum Gasteiger partial charge on any atom is -0.309 e. The van der Waals surface area contributed by atoms with E-state index in [4.69, 9.17) is 0 Å². The monoisotopic (exact) mass is 306 g/mol. The maximum Gasteiger partial charge on any atom is 0.225 e. The number of hydrogen-bond donors (Lipinski definition) is 2. The number of anilines is 1. The van der Waals surface area contributed by atoms with Gasteiger partial charge < -0.3 is 5.32 Å². The summed E-state index contributed by atoms with van der Waals surface area (Å²) in [5, 5.41) is 9.47. The molecule has 23 heavy (non-hydrogen) atoms. The summed E-state index contributed by atoms with van der Waals surface area (Å²) in [5.74, 6) is 1.30. The molecular weight excluding hydrogens is 292 g/mol. The molecule has 0 saturated carbocycles. The molecule has 2 aromatic heterocycles. The van der Waals surface area contributed by atoms with E-state index in [9.17, 15) is 4.79 Å². The van der Waals surface area contributed by atoms with Gasteiger partial charge in [0.1, 0.15) is 6.33 Å². The van der Waals surface area contributed by atoms with E-state index in [1.165, 1.54) is 6.33 Å². The zero-order valence-electron chi connectivity index (χ0n) is 12.5. The lowest BCUT2D eigenvalue weighted by Gasteiger charge is -2.16. The van der Waals surface area contributed by atoms with Crippen LogP contribution in [0.5, 0.6) is 0 Å². The number of hydrogen-bond acceptors (Lipinski definition) is 5. The van der Waals surface area contributed by atoms with Crippen molar-refractivity contribution in [2.24, 2.45) is 0 Å². The van der Waals surface area contributed by atoms with Gasteiger partial charge in [-0.15, -0.1) is 0 Å². The molecule has 1 aliphatic rings. The Hall–Kier alpha value is -3.09. The molecule has 7 nitrogen and oxygen atoms in total. The fourth-order valence-electron chi connectivity index (χ4n) is 2.71. The molecule has 3 heterocycles. The van der Waals surface area contributed by atoms with Gasteiger partial charge in [0.15, 0.2) is 11.6 Å². The Morgan fingerprint density at radius 3 is 2.87 bits per heavy atom. The average Bonchev–Trinajstić information content (AvgIpc) is 3.09. The van der Waals surface area contributed by atoms with E-state index in [2.05, 4.69) is 30.5 Å². The van der Waals surface area contributed by atoms with Crippen LogP contribution in [0.25, 0.3) is 22.6 Å². The van der Waals surface area contributed by atoms with E-state index >= 15 is 0 Å². The van der Waals surface area contributed by atoms with E-state index < -0.39 is 0 Å². The number of aryl methyl sites for hydroxylation is 2. The predicted octanol–water partition coefficient (Wildman–Crippen LogP) is 2.12. The number of carbonyl (C=O) groups is 1. The highest BCUT2D eigenvalue weighted by atomic mass is 16.1. The highest BCUT2D eigenvalue weighted by Gasteiger charge is 2.18. The molecule has 0 spiro atoms. The molecule has 3 aromatic rings. The number of fused-ring (bicyclic) bond motifs is 1. The summed E-state index contributed by atoms with van der Waals surface area (Å²) in [6, 6.07) is 6.02. The van der Waals surface area contributed by atoms with Crippen molar-refractivity contribution in [3.05, 3.63) is 42.0 Å². The highest BCUT2D eigenvalue weighted by Crippen LogP contribution is 2.28. The summed E-state index contributed by atoms with van der Waals surface area (Å²) in [7, 11) is 0. The van der Waals surface area contributed by atoms with Gasteiger partial charge in [-0.3, -0.25) is 9.89 Å². The predicted molar refractivity (Wildman–Crippen MR) is 84.5 cm³/mol. The summed E-state index contributed by atoms with van der Waals surface area (Å²) >= 11 is 0. The van der Waals surface area contributed by atoms with E-state index in [0.717, 1.165) is 33.9 Å². The van der Waals surface area contributed by atoms with E-state index in [1.807, 2.05) is 25.1 Å². The number of rotatable bonds is 2. The van der Waals surface area contributed by atoms with Crippen molar-refractivity contribution in [2.75, 3.05) is 5.32 Å². The van der Waals surface area contributed by atoms with Gasteiger partial charge in [0, 0.05) is 24.0 Å². The molecule has 114 valence electrons. The summed E-state index contributed by atoms with van der Waals surface area (Å²) in [6.07, 6.45) is 4.26. The zero-order valence-corrected chi connectivity index (χ0v) is 12.5. The number of carbonyl (C=O) groups excluding carboxylic acids is 1. The molecule has 4 rings (SSSR count). The van der Waals surface area contributed by atoms with Crippen LogP contribution in [-0.4, -0.2) is 31.1 Å². The molecule has 1 aromatic carbocycles. The molecular formula is C16H14N6O. The number of nitrogens with one attached hydrogen (secondary N) is 2. The van der Waals surface area contributed by atoms with Gasteiger partial charge in [0.05, 0.1) is 17.6 Å². The third-order valence-electron chi connectivity index (χ3n) is 3.88. The maximum atomic E-state index is 11.4. The Morgan fingerprint density at radius 2 is 2.09 bits per heavy atom. The molecule has 1 aliphatic heterocycles. The molecule has 0 unspecified atom stereocenters. The van der Waals surface area contributed by atoms with Crippen molar-refractivity contribution in [2.45, 2.75) is 19.8 Å². The Bertz CT molecular complexity index is 888. The normalized spacial score (nSPS) is 13.5. The van der Waals surface area contributed by atoms with Crippen LogP contribution in [-0.2, 0) is 11.2 Å². The molecule has 0 bridgehead atoms. The first-order valence-corrected chi connectivity index (χ1v) is 7.33. The van der Waals surface area contributed by atoms with Gasteiger partial charge in [-0.1, -0.05) is 12.1 Å². The summed E-state index contributed by atoms with van der Waals surface area (Å²) in [4.78, 5) is 24.5. The van der Waals surface area contributed by atoms with Crippen LogP contribution in [0.2, 0.25) is 0 Å². The van der Waals surface area contributed by atoms with Gasteiger partial charge >= 0.3 is 0 Å². The van der Waals surface area contributed by atoms with Gasteiger partial charge in [0.25, 0.3) is 0 Å². The fourth-order valence-corrected chi connectivity index (χ4v) is 2.71. The number of amides is 1. The first-order valence-electron chi connectivity index (χ1n) is 7.33. The molecule has 0 atom stereocenters. The first kappa shape index (κ1) is 13.6. The Morgan fingerprint density at radius 1 is 1.17 bits per heavy atom. The standard InChI is InChI=1S/C16H14N6O/c1-9-6-10(15-18-8-19-22-15)2-3-11(9)13-7-17-16-12(20-13)4-5-14(23)21-16/h2-3,6-8H,4-5H2,1H3,(H,17,21,23)(H,18,19,22). The lowest BCUT2D eigenvalue weighted by molar-refractivity contribution is -0.116. The lowest BCUT2D eigenvalue weighted by atomic mass is 10.0. The van der Waals surface area contributed by atoms with Gasteiger partial charge in [-0.2, -0.15) is 5.10 Å². The van der Waals surface area contributed by atoms with Crippen molar-refractivity contribution in [1.29, 1.82) is 0 Å². The van der Waals surface area contributed by atoms with Crippen molar-refractivity contribution >= 4 is 11.7 Å². The second-order valence-electron chi connectivity index (χ2n) is 5.46. The molecule has 2 N–H and O–H groups in total. The van der Waals surface area contributed by atoms with Crippen LogP contribution in [0.3, 0.4) is 0 Å². The maximum absolute atomic E-state index is 11.4. The van der Waals surface area contributed by atoms with Crippen LogP contribution in [0.1, 0.15) is 17.7 Å². The van der Waals surface area contributed by atoms with E-state index in [-0.39, 0.29) is 5.91 Å². The van der Waals surface area contributed by atoms with E-state index in [0.29, 0.717) is 18.7 Å². The lowest BCUT2D eigenvalue weighted by Crippen LogP contribution is -2.21. The summed E-state index contributed by atoms with van der Waals surface area (Å²) < 4.78 is 0. The van der Waals surface area contributed by atoms with Crippen molar-refractivity contribution in [1.82, 2.24) is 25.1 Å². The molecule has 7 heteroatoms. The first-order chi connectivity index (χ1) is 11.2. The number of benzene rings is 1. The highest BCUT2D eigenvalue weighted by molar-refractivity contribution is 5.92. The van der Waals surface area contributed by atoms with E-state index in [1.54, 1.807) is 6.20 Å². The summed E-state index contributed by atoms with van der Waals surface area (Å²) in [6.45, 7) is 2.03. The molecule has 0 radical (unpaired) electrons. The van der Waals surface area contributed by atoms with Crippen LogP contribution < -0.4 is 5.32 Å². The van der Waals surface area contributed by atoms with Crippen molar-refractivity contribution < 1.29 is 4.79 Å². The fraction of sp³-hybridized carbons (Fsp3) is 0.188. The SMILES string of the molecule is Cc1cc(-c2ncn[nH]2)ccc1-c1cnc2c(n1)CCC(=O)N2. The largest absolute Gasteiger partial charge is 0.309 e. The van der Waals surface area contributed by atoms with Crippen LogP contribution in [0.15, 0.2) is 30.7 Å². The topological polar surface area (TPSA) is 96.4 Å². The molecule has 0 saturated heterocycles. The minimum atomic E-state index is -0.00728. The van der Waals surface area contributed by atoms with Crippen LogP contribution >= 0.6 is 0 Å². The Balaban J connectivity index is 1.72. The number of nitrogens with zero attached hydrogens (tertiary/aromatic N) is 4. The Kier molecular flexibility index (Phi) is 3.11. The molecule has 0 aliphatic carbocycles. The second kappa shape index (κ2) is 5.28. The molecule has 1 amide bonds. The minimum absolute atomic E-state index is 0.00728.